The van der Waals surface area contributed by atoms with Gasteiger partial charge in [0.05, 0.1) is 8.66 Å². The smallest absolute Gasteiger partial charge is 0.273 e. The summed E-state index contributed by atoms with van der Waals surface area (Å²) >= 11 is 4.83. The van der Waals surface area contributed by atoms with Gasteiger partial charge in [-0.15, -0.1) is 21.5 Å². The van der Waals surface area contributed by atoms with E-state index in [9.17, 15) is 8.42 Å². The Bertz CT molecular complexity index is 690. The highest BCUT2D eigenvalue weighted by Gasteiger charge is 2.23. The van der Waals surface area contributed by atoms with E-state index in [-0.39, 0.29) is 11.1 Å². The van der Waals surface area contributed by atoms with E-state index in [1.165, 1.54) is 11.3 Å². The molecule has 2 aromatic heterocycles. The summed E-state index contributed by atoms with van der Waals surface area (Å²) in [7, 11) is -3.88. The van der Waals surface area contributed by atoms with E-state index in [4.69, 9.17) is 5.14 Å². The maximum Gasteiger partial charge on any atom is 0.273 e. The van der Waals surface area contributed by atoms with Crippen molar-refractivity contribution < 1.29 is 8.42 Å². The third-order valence-electron chi connectivity index (χ3n) is 2.31. The highest BCUT2D eigenvalue weighted by Crippen LogP contribution is 2.31. The molecule has 0 spiro atoms. The molecule has 0 bridgehead atoms. The highest BCUT2D eigenvalue weighted by molar-refractivity contribution is 9.11. The van der Waals surface area contributed by atoms with Crippen LogP contribution in [0.5, 0.6) is 0 Å². The summed E-state index contributed by atoms with van der Waals surface area (Å²) in [6.45, 7) is 4.46. The van der Waals surface area contributed by atoms with Gasteiger partial charge in [0.2, 0.25) is 0 Å². The molecule has 2 N–H and O–H groups in total. The Morgan fingerprint density at radius 1 is 1.42 bits per heavy atom. The van der Waals surface area contributed by atoms with Gasteiger partial charge in [-0.2, -0.15) is 0 Å². The molecule has 2 rings (SSSR count). The maximum atomic E-state index is 11.5. The first-order chi connectivity index (χ1) is 8.79. The number of rotatable bonds is 4. The van der Waals surface area contributed by atoms with Crippen molar-refractivity contribution in [2.24, 2.45) is 11.1 Å². The molecule has 2 heterocycles. The molecule has 0 radical (unpaired) electrons. The SMILES string of the molecule is CC(C)Cn1c(-c2ccc(Br)s2)nnc1S(N)(=O)=O. The number of halogens is 1. The van der Waals surface area contributed by atoms with Gasteiger partial charge in [0, 0.05) is 6.54 Å². The van der Waals surface area contributed by atoms with Gasteiger partial charge in [0.25, 0.3) is 15.2 Å². The minimum absolute atomic E-state index is 0.194. The summed E-state index contributed by atoms with van der Waals surface area (Å²) < 4.78 is 25.6. The van der Waals surface area contributed by atoms with Crippen LogP contribution in [0.15, 0.2) is 21.1 Å². The molecule has 0 saturated carbocycles. The lowest BCUT2D eigenvalue weighted by molar-refractivity contribution is 0.486. The standard InChI is InChI=1S/C10H13BrN4O2S2/c1-6(2)5-15-9(7-3-4-8(11)18-7)13-14-10(15)19(12,16)17/h3-4,6H,5H2,1-2H3,(H2,12,16,17). The Labute approximate surface area is 123 Å². The van der Waals surface area contributed by atoms with Crippen molar-refractivity contribution in [1.82, 2.24) is 14.8 Å². The average molecular weight is 365 g/mol. The molecule has 2 aromatic rings. The zero-order valence-corrected chi connectivity index (χ0v) is 13.6. The number of nitrogens with zero attached hydrogens (tertiary/aromatic N) is 3. The van der Waals surface area contributed by atoms with Crippen LogP contribution in [0, 0.1) is 5.92 Å². The maximum absolute atomic E-state index is 11.5. The molecule has 104 valence electrons. The third-order valence-corrected chi connectivity index (χ3v) is 4.74. The highest BCUT2D eigenvalue weighted by atomic mass is 79.9. The molecule has 0 saturated heterocycles. The van der Waals surface area contributed by atoms with Gasteiger partial charge in [0.15, 0.2) is 5.82 Å². The van der Waals surface area contributed by atoms with Crippen molar-refractivity contribution in [1.29, 1.82) is 0 Å². The second-order valence-corrected chi connectivity index (χ2v) is 8.38. The van der Waals surface area contributed by atoms with E-state index in [2.05, 4.69) is 26.1 Å². The van der Waals surface area contributed by atoms with Crippen LogP contribution >= 0.6 is 27.3 Å². The van der Waals surface area contributed by atoms with Gasteiger partial charge in [-0.3, -0.25) is 4.57 Å². The Morgan fingerprint density at radius 3 is 2.58 bits per heavy atom. The van der Waals surface area contributed by atoms with Crippen molar-refractivity contribution in [2.45, 2.75) is 25.5 Å². The second kappa shape index (κ2) is 5.31. The first-order valence-electron chi connectivity index (χ1n) is 5.50. The third kappa shape index (κ3) is 3.22. The van der Waals surface area contributed by atoms with Crippen molar-refractivity contribution >= 4 is 37.3 Å². The average Bonchev–Trinajstić information content (AvgIpc) is 2.82. The van der Waals surface area contributed by atoms with E-state index in [0.29, 0.717) is 12.4 Å². The zero-order valence-electron chi connectivity index (χ0n) is 10.4. The van der Waals surface area contributed by atoms with Gasteiger partial charge in [-0.05, 0) is 34.0 Å². The number of sulfonamides is 1. The summed E-state index contributed by atoms with van der Waals surface area (Å²) in [6.07, 6.45) is 0. The lowest BCUT2D eigenvalue weighted by Crippen LogP contribution is -2.20. The summed E-state index contributed by atoms with van der Waals surface area (Å²) in [5.74, 6) is 0.770. The number of hydrogen-bond donors (Lipinski definition) is 1. The molecule has 0 aliphatic heterocycles. The molecule has 0 aromatic carbocycles. The van der Waals surface area contributed by atoms with Crippen LogP contribution in [0.2, 0.25) is 0 Å². The molecular weight excluding hydrogens is 352 g/mol. The Morgan fingerprint density at radius 2 is 2.11 bits per heavy atom. The van der Waals surface area contributed by atoms with E-state index < -0.39 is 10.0 Å². The molecule has 0 unspecified atom stereocenters. The molecule has 0 aliphatic carbocycles. The molecular formula is C10H13BrN4O2S2. The molecule has 0 atom stereocenters. The Balaban J connectivity index is 2.59. The second-order valence-electron chi connectivity index (χ2n) is 4.46. The Kier molecular flexibility index (Phi) is 4.09. The Hall–Kier alpha value is -0.770. The van der Waals surface area contributed by atoms with Crippen LogP contribution < -0.4 is 5.14 Å². The first kappa shape index (κ1) is 14.6. The van der Waals surface area contributed by atoms with Gasteiger partial charge >= 0.3 is 0 Å². The fraction of sp³-hybridized carbons (Fsp3) is 0.400. The first-order valence-corrected chi connectivity index (χ1v) is 8.66. The minimum atomic E-state index is -3.88. The summed E-state index contributed by atoms with van der Waals surface area (Å²) in [4.78, 5) is 0.843. The zero-order chi connectivity index (χ0) is 14.2. The molecule has 0 aliphatic rings. The number of nitrogens with two attached hydrogens (primary N) is 1. The number of thiophene rings is 1. The quantitative estimate of drug-likeness (QED) is 0.898. The summed E-state index contributed by atoms with van der Waals surface area (Å²) in [5.41, 5.74) is 0. The molecule has 0 amide bonds. The van der Waals surface area contributed by atoms with E-state index in [1.807, 2.05) is 26.0 Å². The largest absolute Gasteiger partial charge is 0.296 e. The van der Waals surface area contributed by atoms with E-state index in [1.54, 1.807) is 4.57 Å². The summed E-state index contributed by atoms with van der Waals surface area (Å²) in [6, 6.07) is 3.74. The topological polar surface area (TPSA) is 90.9 Å². The van der Waals surface area contributed by atoms with Gasteiger partial charge in [0.1, 0.15) is 0 Å². The van der Waals surface area contributed by atoms with E-state index in [0.717, 1.165) is 8.66 Å². The molecule has 9 heteroatoms. The number of aromatic nitrogens is 3. The number of hydrogen-bond acceptors (Lipinski definition) is 5. The van der Waals surface area contributed by atoms with Crippen molar-refractivity contribution in [3.63, 3.8) is 0 Å². The molecule has 0 fully saturated rings. The minimum Gasteiger partial charge on any atom is -0.296 e. The van der Waals surface area contributed by atoms with Crippen molar-refractivity contribution in [3.05, 3.63) is 15.9 Å². The lowest BCUT2D eigenvalue weighted by Gasteiger charge is -2.10. The monoisotopic (exact) mass is 364 g/mol. The predicted octanol–water partition coefficient (Wildman–Crippen LogP) is 2.07. The van der Waals surface area contributed by atoms with Crippen LogP contribution in [0.4, 0.5) is 0 Å². The molecule has 19 heavy (non-hydrogen) atoms. The fourth-order valence-electron chi connectivity index (χ4n) is 1.65. The van der Waals surface area contributed by atoms with Crippen molar-refractivity contribution in [2.75, 3.05) is 0 Å². The summed E-state index contributed by atoms with van der Waals surface area (Å²) in [5, 5.41) is 12.7. The normalized spacial score (nSPS) is 12.3. The van der Waals surface area contributed by atoms with Gasteiger partial charge in [-0.1, -0.05) is 13.8 Å². The van der Waals surface area contributed by atoms with Crippen LogP contribution in [-0.2, 0) is 16.6 Å². The molecule has 6 nitrogen and oxygen atoms in total. The van der Waals surface area contributed by atoms with Crippen LogP contribution in [0.25, 0.3) is 10.7 Å². The number of primary sulfonamides is 1. The van der Waals surface area contributed by atoms with Crippen LogP contribution in [0.3, 0.4) is 0 Å². The lowest BCUT2D eigenvalue weighted by atomic mass is 10.2. The van der Waals surface area contributed by atoms with Crippen LogP contribution in [-0.4, -0.2) is 23.2 Å². The van der Waals surface area contributed by atoms with Crippen molar-refractivity contribution in [3.8, 4) is 10.7 Å². The van der Waals surface area contributed by atoms with Crippen LogP contribution in [0.1, 0.15) is 13.8 Å². The van der Waals surface area contributed by atoms with Gasteiger partial charge in [-0.25, -0.2) is 13.6 Å². The van der Waals surface area contributed by atoms with E-state index >= 15 is 0 Å². The predicted molar refractivity (Wildman–Crippen MR) is 77.2 cm³/mol. The van der Waals surface area contributed by atoms with Gasteiger partial charge < -0.3 is 0 Å². The fourth-order valence-corrected chi connectivity index (χ4v) is 3.65.